The first-order chi connectivity index (χ1) is 10.1. The molecule has 3 atom stereocenters. The number of piperidine rings is 1. The van der Waals surface area contributed by atoms with Crippen LogP contribution in [0.4, 0.5) is 0 Å². The van der Waals surface area contributed by atoms with Crippen LogP contribution in [0.3, 0.4) is 0 Å². The number of amides is 1. The second-order valence-corrected chi connectivity index (χ2v) is 6.83. The lowest BCUT2D eigenvalue weighted by Crippen LogP contribution is -2.55. The molecule has 4 nitrogen and oxygen atoms in total. The summed E-state index contributed by atoms with van der Waals surface area (Å²) in [6.45, 7) is 2.22. The Morgan fingerprint density at radius 3 is 3.10 bits per heavy atom. The summed E-state index contributed by atoms with van der Waals surface area (Å²) >= 11 is 0. The predicted octanol–water partition coefficient (Wildman–Crippen LogP) is 1.92. The van der Waals surface area contributed by atoms with Crippen LogP contribution in [0.1, 0.15) is 41.6 Å². The Labute approximate surface area is 125 Å². The number of fused-ring (bicyclic) bond motifs is 1. The van der Waals surface area contributed by atoms with Gasteiger partial charge in [-0.15, -0.1) is 0 Å². The van der Waals surface area contributed by atoms with Crippen molar-refractivity contribution in [1.29, 1.82) is 0 Å². The molecule has 1 spiro atoms. The number of carbonyl (C=O) groups is 1. The molecule has 1 saturated heterocycles. The van der Waals surface area contributed by atoms with E-state index in [0.717, 1.165) is 31.7 Å². The van der Waals surface area contributed by atoms with E-state index < -0.39 is 0 Å². The SMILES string of the molecule is CN1CCC23c4cccc(C(N)=O)c4OC2CCC[C@H]3C1. The van der Waals surface area contributed by atoms with E-state index in [1.807, 2.05) is 6.07 Å². The van der Waals surface area contributed by atoms with Crippen molar-refractivity contribution in [3.63, 3.8) is 0 Å². The summed E-state index contributed by atoms with van der Waals surface area (Å²) < 4.78 is 6.28. The fraction of sp³-hybridized carbons (Fsp3) is 0.588. The minimum atomic E-state index is -0.383. The topological polar surface area (TPSA) is 55.6 Å². The third-order valence-corrected chi connectivity index (χ3v) is 5.80. The van der Waals surface area contributed by atoms with Crippen LogP contribution in [-0.4, -0.2) is 37.0 Å². The number of hydrogen-bond donors (Lipinski definition) is 1. The van der Waals surface area contributed by atoms with Gasteiger partial charge in [0.25, 0.3) is 5.91 Å². The molecule has 1 saturated carbocycles. The summed E-state index contributed by atoms with van der Waals surface area (Å²) in [6.07, 6.45) is 4.90. The molecule has 4 heteroatoms. The number of para-hydroxylation sites is 1. The second-order valence-electron chi connectivity index (χ2n) is 6.83. The summed E-state index contributed by atoms with van der Waals surface area (Å²) in [5.74, 6) is 1.01. The van der Waals surface area contributed by atoms with Gasteiger partial charge in [0, 0.05) is 17.5 Å². The van der Waals surface area contributed by atoms with E-state index in [4.69, 9.17) is 10.5 Å². The molecular weight excluding hydrogens is 264 g/mol. The zero-order chi connectivity index (χ0) is 14.6. The number of primary amides is 1. The molecule has 2 N–H and O–H groups in total. The molecule has 1 aromatic rings. The van der Waals surface area contributed by atoms with Gasteiger partial charge in [-0.1, -0.05) is 12.1 Å². The van der Waals surface area contributed by atoms with Crippen molar-refractivity contribution in [1.82, 2.24) is 4.90 Å². The molecule has 0 aromatic heterocycles. The first kappa shape index (κ1) is 13.1. The molecular formula is C17H22N2O2. The summed E-state index contributed by atoms with van der Waals surface area (Å²) in [6, 6.07) is 5.91. The maximum Gasteiger partial charge on any atom is 0.252 e. The number of likely N-dealkylation sites (tertiary alicyclic amines) is 1. The molecule has 0 radical (unpaired) electrons. The van der Waals surface area contributed by atoms with Gasteiger partial charge in [-0.05, 0) is 51.3 Å². The number of benzene rings is 1. The summed E-state index contributed by atoms with van der Waals surface area (Å²) in [5.41, 5.74) is 7.43. The smallest absolute Gasteiger partial charge is 0.252 e. The quantitative estimate of drug-likeness (QED) is 0.858. The number of hydrogen-bond acceptors (Lipinski definition) is 3. The summed E-state index contributed by atoms with van der Waals surface area (Å²) in [5, 5.41) is 0. The molecule has 1 aromatic carbocycles. The van der Waals surface area contributed by atoms with Gasteiger partial charge in [-0.2, -0.15) is 0 Å². The second kappa shape index (κ2) is 4.47. The van der Waals surface area contributed by atoms with Crippen molar-refractivity contribution in [2.45, 2.75) is 37.2 Å². The molecule has 2 heterocycles. The van der Waals surface area contributed by atoms with Crippen LogP contribution < -0.4 is 10.5 Å². The zero-order valence-electron chi connectivity index (χ0n) is 12.5. The number of carbonyl (C=O) groups excluding carboxylic acids is 1. The molecule has 2 fully saturated rings. The third-order valence-electron chi connectivity index (χ3n) is 5.80. The Balaban J connectivity index is 1.87. The lowest BCUT2D eigenvalue weighted by atomic mass is 9.58. The van der Waals surface area contributed by atoms with Gasteiger partial charge in [0.2, 0.25) is 0 Å². The largest absolute Gasteiger partial charge is 0.488 e. The molecule has 21 heavy (non-hydrogen) atoms. The third kappa shape index (κ3) is 1.68. The molecule has 4 rings (SSSR count). The highest BCUT2D eigenvalue weighted by molar-refractivity contribution is 5.96. The molecule has 1 amide bonds. The van der Waals surface area contributed by atoms with E-state index in [0.29, 0.717) is 11.5 Å². The van der Waals surface area contributed by atoms with Gasteiger partial charge < -0.3 is 15.4 Å². The molecule has 2 unspecified atom stereocenters. The van der Waals surface area contributed by atoms with Crippen LogP contribution in [0.15, 0.2) is 18.2 Å². The van der Waals surface area contributed by atoms with Crippen molar-refractivity contribution < 1.29 is 9.53 Å². The van der Waals surface area contributed by atoms with Gasteiger partial charge in [-0.25, -0.2) is 0 Å². The molecule has 0 bridgehead atoms. The van der Waals surface area contributed by atoms with E-state index >= 15 is 0 Å². The van der Waals surface area contributed by atoms with E-state index in [9.17, 15) is 4.79 Å². The monoisotopic (exact) mass is 286 g/mol. The number of nitrogens with two attached hydrogens (primary N) is 1. The fourth-order valence-corrected chi connectivity index (χ4v) is 4.85. The van der Waals surface area contributed by atoms with Crippen LogP contribution in [0, 0.1) is 5.92 Å². The van der Waals surface area contributed by atoms with E-state index in [-0.39, 0.29) is 17.4 Å². The Morgan fingerprint density at radius 1 is 1.43 bits per heavy atom. The zero-order valence-corrected chi connectivity index (χ0v) is 12.5. The van der Waals surface area contributed by atoms with Crippen LogP contribution in [0.25, 0.3) is 0 Å². The van der Waals surface area contributed by atoms with E-state index in [1.165, 1.54) is 18.4 Å². The Hall–Kier alpha value is -1.55. The average molecular weight is 286 g/mol. The number of ether oxygens (including phenoxy) is 1. The maximum atomic E-state index is 11.7. The highest BCUT2D eigenvalue weighted by Crippen LogP contribution is 2.57. The summed E-state index contributed by atoms with van der Waals surface area (Å²) in [7, 11) is 2.20. The van der Waals surface area contributed by atoms with Crippen molar-refractivity contribution in [3.05, 3.63) is 29.3 Å². The Kier molecular flexibility index (Phi) is 2.80. The first-order valence-electron chi connectivity index (χ1n) is 7.91. The molecule has 3 aliphatic rings. The maximum absolute atomic E-state index is 11.7. The number of nitrogens with zero attached hydrogens (tertiary/aromatic N) is 1. The van der Waals surface area contributed by atoms with Crippen LogP contribution in [-0.2, 0) is 5.41 Å². The van der Waals surface area contributed by atoms with Gasteiger partial charge >= 0.3 is 0 Å². The normalized spacial score (nSPS) is 34.5. The van der Waals surface area contributed by atoms with Crippen LogP contribution in [0.5, 0.6) is 5.75 Å². The van der Waals surface area contributed by atoms with Crippen molar-refractivity contribution >= 4 is 5.91 Å². The lowest BCUT2D eigenvalue weighted by molar-refractivity contribution is 0.000146. The lowest BCUT2D eigenvalue weighted by Gasteiger charge is -2.50. The van der Waals surface area contributed by atoms with Crippen molar-refractivity contribution in [2.75, 3.05) is 20.1 Å². The Bertz CT molecular complexity index is 600. The van der Waals surface area contributed by atoms with E-state index in [1.54, 1.807) is 6.07 Å². The molecule has 2 aliphatic heterocycles. The van der Waals surface area contributed by atoms with Gasteiger partial charge in [-0.3, -0.25) is 4.79 Å². The average Bonchev–Trinajstić information content (AvgIpc) is 2.80. The van der Waals surface area contributed by atoms with Crippen molar-refractivity contribution in [3.8, 4) is 5.75 Å². The predicted molar refractivity (Wildman–Crippen MR) is 80.5 cm³/mol. The van der Waals surface area contributed by atoms with Crippen LogP contribution >= 0.6 is 0 Å². The highest BCUT2D eigenvalue weighted by atomic mass is 16.5. The number of rotatable bonds is 1. The molecule has 1 aliphatic carbocycles. The van der Waals surface area contributed by atoms with Gasteiger partial charge in [0.1, 0.15) is 11.9 Å². The molecule has 112 valence electrons. The first-order valence-corrected chi connectivity index (χ1v) is 7.91. The van der Waals surface area contributed by atoms with Gasteiger partial charge in [0.15, 0.2) is 0 Å². The standard InChI is InChI=1S/C17H22N2O2/c1-19-9-8-17-11(10-19)4-2-7-14(17)21-15-12(16(18)20)5-3-6-13(15)17/h3,5-6,11,14H,2,4,7-10H2,1H3,(H2,18,20)/t11-,14?,17?/m0/s1. The fourth-order valence-electron chi connectivity index (χ4n) is 4.85. The highest BCUT2D eigenvalue weighted by Gasteiger charge is 2.57. The minimum Gasteiger partial charge on any atom is -0.488 e. The summed E-state index contributed by atoms with van der Waals surface area (Å²) in [4.78, 5) is 14.1. The van der Waals surface area contributed by atoms with Gasteiger partial charge in [0.05, 0.1) is 5.56 Å². The van der Waals surface area contributed by atoms with Crippen molar-refractivity contribution in [2.24, 2.45) is 11.7 Å². The minimum absolute atomic E-state index is 0.103. The van der Waals surface area contributed by atoms with E-state index in [2.05, 4.69) is 18.0 Å². The van der Waals surface area contributed by atoms with Crippen LogP contribution in [0.2, 0.25) is 0 Å². The Morgan fingerprint density at radius 2 is 2.29 bits per heavy atom.